The van der Waals surface area contributed by atoms with Crippen LogP contribution in [0.2, 0.25) is 0 Å². The van der Waals surface area contributed by atoms with Crippen molar-refractivity contribution in [3.8, 4) is 0 Å². The molecule has 0 atom stereocenters. The van der Waals surface area contributed by atoms with Crippen LogP contribution < -0.4 is 5.48 Å². The largest absolute Gasteiger partial charge is 0.302 e. The second kappa shape index (κ2) is 5.73. The van der Waals surface area contributed by atoms with E-state index in [-0.39, 0.29) is 0 Å². The molecule has 1 aromatic carbocycles. The third-order valence-corrected chi connectivity index (χ3v) is 2.10. The third kappa shape index (κ3) is 3.57. The Morgan fingerprint density at radius 2 is 2.08 bits per heavy atom. The summed E-state index contributed by atoms with van der Waals surface area (Å²) in [4.78, 5) is 5.05. The first-order chi connectivity index (χ1) is 6.34. The van der Waals surface area contributed by atoms with Gasteiger partial charge in [0.25, 0.3) is 0 Å². The van der Waals surface area contributed by atoms with E-state index in [1.54, 1.807) is 7.05 Å². The lowest BCUT2D eigenvalue weighted by Gasteiger charge is -2.04. The molecule has 13 heavy (non-hydrogen) atoms. The van der Waals surface area contributed by atoms with Crippen LogP contribution in [0.3, 0.4) is 0 Å². The van der Waals surface area contributed by atoms with Gasteiger partial charge in [0.05, 0.1) is 6.61 Å². The number of hydrogen-bond acceptors (Lipinski definition) is 2. The summed E-state index contributed by atoms with van der Waals surface area (Å²) in [6.45, 7) is 2.92. The van der Waals surface area contributed by atoms with Gasteiger partial charge < -0.3 is 4.84 Å². The molecule has 0 radical (unpaired) electrons. The smallest absolute Gasteiger partial charge is 0.0685 e. The molecule has 1 N–H and O–H groups in total. The van der Waals surface area contributed by atoms with Gasteiger partial charge in [-0.25, -0.2) is 5.48 Å². The van der Waals surface area contributed by atoms with Crippen LogP contribution in [-0.4, -0.2) is 13.7 Å². The lowest BCUT2D eigenvalue weighted by atomic mass is 10.0. The molecule has 0 aliphatic rings. The van der Waals surface area contributed by atoms with Crippen molar-refractivity contribution in [3.05, 3.63) is 35.4 Å². The number of hydroxylamine groups is 1. The van der Waals surface area contributed by atoms with Gasteiger partial charge in [-0.3, -0.25) is 0 Å². The minimum Gasteiger partial charge on any atom is -0.302 e. The van der Waals surface area contributed by atoms with Crippen molar-refractivity contribution >= 4 is 0 Å². The molecule has 72 valence electrons. The van der Waals surface area contributed by atoms with Gasteiger partial charge in [0.15, 0.2) is 0 Å². The Kier molecular flexibility index (Phi) is 4.50. The van der Waals surface area contributed by atoms with E-state index in [4.69, 9.17) is 4.84 Å². The van der Waals surface area contributed by atoms with Crippen molar-refractivity contribution in [1.82, 2.24) is 5.48 Å². The zero-order valence-electron chi connectivity index (χ0n) is 8.34. The zero-order valence-corrected chi connectivity index (χ0v) is 8.34. The molecule has 0 saturated heterocycles. The van der Waals surface area contributed by atoms with Crippen LogP contribution in [0.25, 0.3) is 0 Å². The zero-order chi connectivity index (χ0) is 9.52. The summed E-state index contributed by atoms with van der Waals surface area (Å²) in [6, 6.07) is 8.48. The molecule has 0 aromatic heterocycles. The molecule has 0 unspecified atom stereocenters. The first kappa shape index (κ1) is 10.2. The summed E-state index contributed by atoms with van der Waals surface area (Å²) < 4.78 is 0. The van der Waals surface area contributed by atoms with Gasteiger partial charge in [-0.05, 0) is 30.9 Å². The molecule has 1 rings (SSSR count). The molecule has 0 fully saturated rings. The third-order valence-electron chi connectivity index (χ3n) is 2.10. The highest BCUT2D eigenvalue weighted by Gasteiger charge is 1.95. The molecule has 0 spiro atoms. The maximum absolute atomic E-state index is 5.05. The maximum atomic E-state index is 5.05. The summed E-state index contributed by atoms with van der Waals surface area (Å²) in [7, 11) is 1.79. The van der Waals surface area contributed by atoms with Crippen molar-refractivity contribution in [1.29, 1.82) is 0 Å². The predicted molar refractivity (Wildman–Crippen MR) is 54.5 cm³/mol. The van der Waals surface area contributed by atoms with E-state index >= 15 is 0 Å². The summed E-state index contributed by atoms with van der Waals surface area (Å²) >= 11 is 0. The Bertz CT molecular complexity index is 248. The van der Waals surface area contributed by atoms with Crippen LogP contribution in [-0.2, 0) is 11.3 Å². The van der Waals surface area contributed by atoms with Crippen molar-refractivity contribution in [2.24, 2.45) is 0 Å². The predicted octanol–water partition coefficient (Wildman–Crippen LogP) is 2.08. The molecule has 0 saturated carbocycles. The van der Waals surface area contributed by atoms with Gasteiger partial charge >= 0.3 is 0 Å². The lowest BCUT2D eigenvalue weighted by molar-refractivity contribution is 0.0564. The minimum atomic E-state index is 0.769. The maximum Gasteiger partial charge on any atom is 0.0685 e. The number of rotatable bonds is 5. The van der Waals surface area contributed by atoms with E-state index in [0.29, 0.717) is 0 Å². The van der Waals surface area contributed by atoms with Crippen molar-refractivity contribution < 1.29 is 4.84 Å². The Labute approximate surface area is 79.9 Å². The van der Waals surface area contributed by atoms with E-state index < -0.39 is 0 Å². The summed E-state index contributed by atoms with van der Waals surface area (Å²) in [5, 5.41) is 0. The molecule has 0 aliphatic carbocycles. The summed E-state index contributed by atoms with van der Waals surface area (Å²) in [5.74, 6) is 0. The van der Waals surface area contributed by atoms with Crippen LogP contribution in [0.5, 0.6) is 0 Å². The van der Waals surface area contributed by atoms with Gasteiger partial charge in [0.2, 0.25) is 0 Å². The molecule has 0 bridgehead atoms. The monoisotopic (exact) mass is 179 g/mol. The van der Waals surface area contributed by atoms with E-state index in [2.05, 4.69) is 36.7 Å². The first-order valence-corrected chi connectivity index (χ1v) is 4.67. The van der Waals surface area contributed by atoms with E-state index in [0.717, 1.165) is 19.4 Å². The number of benzene rings is 1. The Hall–Kier alpha value is -0.860. The molecule has 0 aliphatic heterocycles. The van der Waals surface area contributed by atoms with Crippen molar-refractivity contribution in [2.75, 3.05) is 13.7 Å². The van der Waals surface area contributed by atoms with Gasteiger partial charge in [0, 0.05) is 7.05 Å². The molecular formula is C11H17NO. The molecular weight excluding hydrogens is 162 g/mol. The SMILES string of the molecule is CNOCCCc1ccccc1C. The van der Waals surface area contributed by atoms with Crippen LogP contribution in [0.15, 0.2) is 24.3 Å². The number of nitrogens with one attached hydrogen (secondary N) is 1. The number of aryl methyl sites for hydroxylation is 2. The van der Waals surface area contributed by atoms with E-state index in [1.807, 2.05) is 0 Å². The molecule has 2 nitrogen and oxygen atoms in total. The highest BCUT2D eigenvalue weighted by Crippen LogP contribution is 2.08. The highest BCUT2D eigenvalue weighted by atomic mass is 16.6. The Morgan fingerprint density at radius 1 is 1.31 bits per heavy atom. The topological polar surface area (TPSA) is 21.3 Å². The van der Waals surface area contributed by atoms with E-state index in [9.17, 15) is 0 Å². The van der Waals surface area contributed by atoms with Crippen LogP contribution in [0.1, 0.15) is 17.5 Å². The van der Waals surface area contributed by atoms with E-state index in [1.165, 1.54) is 11.1 Å². The molecule has 2 heteroatoms. The van der Waals surface area contributed by atoms with Crippen LogP contribution in [0.4, 0.5) is 0 Å². The fourth-order valence-electron chi connectivity index (χ4n) is 1.33. The molecule has 0 heterocycles. The quantitative estimate of drug-likeness (QED) is 0.552. The lowest BCUT2D eigenvalue weighted by Crippen LogP contribution is -2.09. The standard InChI is InChI=1S/C11H17NO/c1-10-6-3-4-7-11(10)8-5-9-13-12-2/h3-4,6-7,12H,5,8-9H2,1-2H3. The van der Waals surface area contributed by atoms with Crippen molar-refractivity contribution in [3.63, 3.8) is 0 Å². The summed E-state index contributed by atoms with van der Waals surface area (Å²) in [6.07, 6.45) is 2.15. The Morgan fingerprint density at radius 3 is 2.77 bits per heavy atom. The molecule has 0 amide bonds. The van der Waals surface area contributed by atoms with Gasteiger partial charge in [-0.15, -0.1) is 0 Å². The first-order valence-electron chi connectivity index (χ1n) is 4.67. The van der Waals surface area contributed by atoms with Crippen molar-refractivity contribution in [2.45, 2.75) is 19.8 Å². The second-order valence-electron chi connectivity index (χ2n) is 3.08. The fraction of sp³-hybridized carbons (Fsp3) is 0.455. The van der Waals surface area contributed by atoms with Crippen LogP contribution in [0, 0.1) is 6.92 Å². The van der Waals surface area contributed by atoms with Gasteiger partial charge in [-0.2, -0.15) is 0 Å². The summed E-state index contributed by atoms with van der Waals surface area (Å²) in [5.41, 5.74) is 5.45. The fourth-order valence-corrected chi connectivity index (χ4v) is 1.33. The highest BCUT2D eigenvalue weighted by molar-refractivity contribution is 5.25. The average molecular weight is 179 g/mol. The average Bonchev–Trinajstić information content (AvgIpc) is 2.15. The van der Waals surface area contributed by atoms with Gasteiger partial charge in [0.1, 0.15) is 0 Å². The van der Waals surface area contributed by atoms with Gasteiger partial charge in [-0.1, -0.05) is 24.3 Å². The molecule has 1 aromatic rings. The number of hydrogen-bond donors (Lipinski definition) is 1. The minimum absolute atomic E-state index is 0.769. The Balaban J connectivity index is 2.32. The normalized spacial score (nSPS) is 10.3. The second-order valence-corrected chi connectivity index (χ2v) is 3.08. The van der Waals surface area contributed by atoms with Crippen LogP contribution >= 0.6 is 0 Å².